The van der Waals surface area contributed by atoms with Gasteiger partial charge in [-0.15, -0.1) is 0 Å². The predicted octanol–water partition coefficient (Wildman–Crippen LogP) is 6.08. The summed E-state index contributed by atoms with van der Waals surface area (Å²) >= 11 is 5.76. The number of hydrogen-bond donors (Lipinski definition) is 1. The van der Waals surface area contributed by atoms with Gasteiger partial charge in [0.15, 0.2) is 5.11 Å². The maximum absolute atomic E-state index is 13.4. The first-order valence-corrected chi connectivity index (χ1v) is 11.3. The molecule has 0 spiro atoms. The number of nitrogens with zero attached hydrogens (tertiary/aromatic N) is 3. The number of halogens is 3. The van der Waals surface area contributed by atoms with Crippen LogP contribution in [0.3, 0.4) is 0 Å². The van der Waals surface area contributed by atoms with E-state index >= 15 is 0 Å². The highest BCUT2D eigenvalue weighted by Gasteiger charge is 2.43. The fourth-order valence-electron chi connectivity index (χ4n) is 4.45. The van der Waals surface area contributed by atoms with E-state index in [-0.39, 0.29) is 6.04 Å². The second-order valence-corrected chi connectivity index (χ2v) is 8.41. The molecule has 0 radical (unpaired) electrons. The Bertz CT molecular complexity index is 1360. The summed E-state index contributed by atoms with van der Waals surface area (Å²) in [5, 5.41) is 3.83. The lowest BCUT2D eigenvalue weighted by atomic mass is 10.0. The topological polar surface area (TPSA) is 42.3 Å². The van der Waals surface area contributed by atoms with E-state index in [0.29, 0.717) is 16.5 Å². The highest BCUT2D eigenvalue weighted by Crippen LogP contribution is 2.45. The van der Waals surface area contributed by atoms with Crippen molar-refractivity contribution < 1.29 is 17.9 Å². The van der Waals surface area contributed by atoms with Crippen LogP contribution in [0.25, 0.3) is 5.69 Å². The highest BCUT2D eigenvalue weighted by molar-refractivity contribution is 7.80. The van der Waals surface area contributed by atoms with Crippen LogP contribution in [0, 0.1) is 0 Å². The van der Waals surface area contributed by atoms with Crippen LogP contribution >= 0.6 is 12.2 Å². The van der Waals surface area contributed by atoms with Crippen molar-refractivity contribution in [3.63, 3.8) is 0 Å². The lowest BCUT2D eigenvalue weighted by Gasteiger charge is -2.30. The van der Waals surface area contributed by atoms with Crippen molar-refractivity contribution in [2.75, 3.05) is 12.0 Å². The van der Waals surface area contributed by atoms with Crippen molar-refractivity contribution >= 4 is 23.0 Å². The molecule has 1 N–H and O–H groups in total. The van der Waals surface area contributed by atoms with Crippen molar-refractivity contribution in [2.24, 2.45) is 0 Å². The van der Waals surface area contributed by atoms with E-state index in [1.807, 2.05) is 59.5 Å². The summed E-state index contributed by atoms with van der Waals surface area (Å²) in [6.07, 6.45) is -0.990. The maximum Gasteiger partial charge on any atom is 0.416 e. The standard InChI is InChI=1S/C26H21F3N4OS/c1-34-22-13-3-2-11-20(22)33-24(23(31-25(33)35)19-10-4-5-14-30-19)21-12-7-15-32(21)18-9-6-8-17(16-18)26(27,28)29/h2-16,23-24H,1H3,(H,31,35)/t23-,24-/m1/s1. The van der Waals surface area contributed by atoms with E-state index in [1.54, 1.807) is 30.1 Å². The number of pyridine rings is 1. The molecule has 1 saturated heterocycles. The molecule has 35 heavy (non-hydrogen) atoms. The van der Waals surface area contributed by atoms with Gasteiger partial charge in [0.1, 0.15) is 11.8 Å². The van der Waals surface area contributed by atoms with Crippen molar-refractivity contribution in [1.82, 2.24) is 14.9 Å². The average Bonchev–Trinajstić information content (AvgIpc) is 3.48. The summed E-state index contributed by atoms with van der Waals surface area (Å²) in [5.41, 5.74) is 1.94. The molecule has 3 heterocycles. The second kappa shape index (κ2) is 9.07. The Morgan fingerprint density at radius 1 is 0.971 bits per heavy atom. The smallest absolute Gasteiger partial charge is 0.416 e. The minimum Gasteiger partial charge on any atom is -0.495 e. The Balaban J connectivity index is 1.68. The molecule has 5 nitrogen and oxygen atoms in total. The Hall–Kier alpha value is -3.85. The van der Waals surface area contributed by atoms with Gasteiger partial charge in [-0.25, -0.2) is 0 Å². The summed E-state index contributed by atoms with van der Waals surface area (Å²) in [7, 11) is 1.59. The summed E-state index contributed by atoms with van der Waals surface area (Å²) < 4.78 is 47.7. The number of para-hydroxylation sites is 2. The van der Waals surface area contributed by atoms with Crippen molar-refractivity contribution in [2.45, 2.75) is 18.3 Å². The van der Waals surface area contributed by atoms with Gasteiger partial charge in [0.2, 0.25) is 0 Å². The van der Waals surface area contributed by atoms with Gasteiger partial charge in [-0.1, -0.05) is 24.3 Å². The summed E-state index contributed by atoms with van der Waals surface area (Å²) in [6, 6.07) is 21.3. The van der Waals surface area contributed by atoms with Crippen molar-refractivity contribution in [3.8, 4) is 11.4 Å². The maximum atomic E-state index is 13.4. The lowest BCUT2D eigenvalue weighted by molar-refractivity contribution is -0.137. The van der Waals surface area contributed by atoms with E-state index < -0.39 is 17.8 Å². The van der Waals surface area contributed by atoms with Gasteiger partial charge in [0.25, 0.3) is 0 Å². The van der Waals surface area contributed by atoms with E-state index in [2.05, 4.69) is 10.3 Å². The van der Waals surface area contributed by atoms with Crippen LogP contribution in [0.5, 0.6) is 5.75 Å². The molecule has 5 rings (SSSR count). The molecule has 1 aliphatic heterocycles. The van der Waals surface area contributed by atoms with Gasteiger partial charge in [-0.3, -0.25) is 4.98 Å². The SMILES string of the molecule is COc1ccccc1N1C(=S)N[C@H](c2ccccn2)[C@H]1c1cccn1-c1cccc(C(F)(F)F)c1. The number of hydrogen-bond acceptors (Lipinski definition) is 3. The van der Waals surface area contributed by atoms with Gasteiger partial charge >= 0.3 is 6.18 Å². The fraction of sp³-hybridized carbons (Fsp3) is 0.154. The third-order valence-corrected chi connectivity index (χ3v) is 6.29. The summed E-state index contributed by atoms with van der Waals surface area (Å²) in [6.45, 7) is 0. The average molecular weight is 495 g/mol. The largest absolute Gasteiger partial charge is 0.495 e. The van der Waals surface area contributed by atoms with Gasteiger partial charge in [0, 0.05) is 23.8 Å². The molecule has 178 valence electrons. The van der Waals surface area contributed by atoms with Crippen LogP contribution in [0.4, 0.5) is 18.9 Å². The van der Waals surface area contributed by atoms with Crippen LogP contribution in [-0.2, 0) is 6.18 Å². The molecule has 2 aromatic carbocycles. The van der Waals surface area contributed by atoms with E-state index in [1.165, 1.54) is 6.07 Å². The molecule has 1 aliphatic rings. The Kier molecular flexibility index (Phi) is 5.94. The Labute approximate surface area is 205 Å². The minimum absolute atomic E-state index is 0.354. The van der Waals surface area contributed by atoms with E-state index in [0.717, 1.165) is 29.2 Å². The summed E-state index contributed by atoms with van der Waals surface area (Å²) in [4.78, 5) is 6.47. The lowest BCUT2D eigenvalue weighted by Crippen LogP contribution is -2.30. The quantitative estimate of drug-likeness (QED) is 0.341. The third kappa shape index (κ3) is 4.23. The molecule has 0 bridgehead atoms. The molecule has 4 aromatic rings. The number of rotatable bonds is 5. The molecular formula is C26H21F3N4OS. The van der Waals surface area contributed by atoms with Crippen LogP contribution in [0.2, 0.25) is 0 Å². The molecule has 0 amide bonds. The molecule has 0 unspecified atom stereocenters. The van der Waals surface area contributed by atoms with Gasteiger partial charge in [0.05, 0.1) is 30.1 Å². The van der Waals surface area contributed by atoms with Crippen molar-refractivity contribution in [1.29, 1.82) is 0 Å². The number of benzene rings is 2. The third-order valence-electron chi connectivity index (χ3n) is 5.98. The number of ether oxygens (including phenoxy) is 1. The molecular weight excluding hydrogens is 473 g/mol. The molecule has 2 aromatic heterocycles. The predicted molar refractivity (Wildman–Crippen MR) is 132 cm³/mol. The number of nitrogens with one attached hydrogen (secondary N) is 1. The number of aromatic nitrogens is 2. The zero-order valence-electron chi connectivity index (χ0n) is 18.6. The van der Waals surface area contributed by atoms with Gasteiger partial charge < -0.3 is 19.5 Å². The molecule has 0 saturated carbocycles. The zero-order chi connectivity index (χ0) is 24.6. The number of alkyl halides is 3. The normalized spacial score (nSPS) is 17.9. The van der Waals surface area contributed by atoms with Crippen LogP contribution in [-0.4, -0.2) is 21.8 Å². The number of anilines is 1. The minimum atomic E-state index is -4.44. The van der Waals surface area contributed by atoms with E-state index in [4.69, 9.17) is 17.0 Å². The second-order valence-electron chi connectivity index (χ2n) is 8.02. The van der Waals surface area contributed by atoms with E-state index in [9.17, 15) is 13.2 Å². The molecule has 9 heteroatoms. The Morgan fingerprint density at radius 3 is 2.51 bits per heavy atom. The Morgan fingerprint density at radius 2 is 1.77 bits per heavy atom. The molecule has 0 aliphatic carbocycles. The first-order valence-electron chi connectivity index (χ1n) is 10.9. The van der Waals surface area contributed by atoms with Crippen LogP contribution < -0.4 is 15.0 Å². The van der Waals surface area contributed by atoms with Gasteiger partial charge in [-0.2, -0.15) is 13.2 Å². The number of thiocarbonyl (C=S) groups is 1. The zero-order valence-corrected chi connectivity index (χ0v) is 19.4. The number of methoxy groups -OCH3 is 1. The van der Waals surface area contributed by atoms with Crippen LogP contribution in [0.15, 0.2) is 91.3 Å². The van der Waals surface area contributed by atoms with Crippen molar-refractivity contribution in [3.05, 3.63) is 108 Å². The fourth-order valence-corrected chi connectivity index (χ4v) is 4.78. The first kappa shape index (κ1) is 22.9. The highest BCUT2D eigenvalue weighted by atomic mass is 32.1. The molecule has 2 atom stereocenters. The molecule has 1 fully saturated rings. The first-order chi connectivity index (χ1) is 16.9. The van der Waals surface area contributed by atoms with Crippen LogP contribution in [0.1, 0.15) is 29.0 Å². The summed E-state index contributed by atoms with van der Waals surface area (Å²) in [5.74, 6) is 0.625. The van der Waals surface area contributed by atoms with Gasteiger partial charge in [-0.05, 0) is 66.8 Å². The monoisotopic (exact) mass is 494 g/mol.